The van der Waals surface area contributed by atoms with Crippen molar-refractivity contribution in [2.75, 3.05) is 11.4 Å². The average molecular weight is 357 g/mol. The Bertz CT molecular complexity index is 826. The van der Waals surface area contributed by atoms with Gasteiger partial charge in [0.1, 0.15) is 4.88 Å². The summed E-state index contributed by atoms with van der Waals surface area (Å²) in [6.45, 7) is 3.64. The van der Waals surface area contributed by atoms with Crippen LogP contribution in [0.2, 0.25) is 0 Å². The van der Waals surface area contributed by atoms with Crippen molar-refractivity contribution >= 4 is 34.7 Å². The number of carbonyl (C=O) groups excluding carboxylic acids is 3. The van der Waals surface area contributed by atoms with E-state index in [1.807, 2.05) is 24.3 Å². The minimum absolute atomic E-state index is 0.0990. The molecule has 6 heteroatoms. The van der Waals surface area contributed by atoms with Crippen LogP contribution in [0, 0.1) is 0 Å². The second kappa shape index (κ2) is 7.19. The fourth-order valence-corrected chi connectivity index (χ4v) is 3.67. The van der Waals surface area contributed by atoms with Crippen molar-refractivity contribution in [1.29, 1.82) is 0 Å². The first kappa shape index (κ1) is 17.4. The first-order chi connectivity index (χ1) is 12.0. The highest BCUT2D eigenvalue weighted by molar-refractivity contribution is 7.15. The lowest BCUT2D eigenvalue weighted by atomic mass is 10.0. The molecule has 1 aromatic heterocycles. The molecule has 1 aliphatic rings. The molecule has 0 aliphatic carbocycles. The highest BCUT2D eigenvalue weighted by atomic mass is 32.1. The van der Waals surface area contributed by atoms with Crippen LogP contribution in [0.25, 0.3) is 0 Å². The molecule has 1 atom stereocenters. The molecule has 25 heavy (non-hydrogen) atoms. The zero-order chi connectivity index (χ0) is 18.0. The molecule has 130 valence electrons. The highest BCUT2D eigenvalue weighted by Crippen LogP contribution is 2.27. The quantitative estimate of drug-likeness (QED) is 0.621. The van der Waals surface area contributed by atoms with Crippen LogP contribution in [0.3, 0.4) is 0 Å². The average Bonchev–Trinajstić information content (AvgIpc) is 3.11. The molecule has 0 bridgehead atoms. The maximum atomic E-state index is 12.7. The maximum Gasteiger partial charge on any atom is 0.349 e. The molecular formula is C19H19NO4S. The van der Waals surface area contributed by atoms with Gasteiger partial charge in [-0.3, -0.25) is 9.59 Å². The Hall–Kier alpha value is -2.47. The van der Waals surface area contributed by atoms with Gasteiger partial charge in [-0.15, -0.1) is 11.3 Å². The number of carbonyl (C=O) groups is 3. The van der Waals surface area contributed by atoms with E-state index in [1.165, 1.54) is 6.92 Å². The van der Waals surface area contributed by atoms with Crippen LogP contribution in [0.15, 0.2) is 36.4 Å². The minimum Gasteiger partial charge on any atom is -0.448 e. The van der Waals surface area contributed by atoms with Crippen LogP contribution < -0.4 is 4.90 Å². The molecule has 0 spiro atoms. The van der Waals surface area contributed by atoms with Gasteiger partial charge in [0.25, 0.3) is 5.91 Å². The summed E-state index contributed by atoms with van der Waals surface area (Å²) in [6.07, 6.45) is 0.939. The predicted molar refractivity (Wildman–Crippen MR) is 96.3 cm³/mol. The van der Waals surface area contributed by atoms with Crippen molar-refractivity contribution in [3.05, 3.63) is 51.7 Å². The third-order valence-electron chi connectivity index (χ3n) is 4.16. The van der Waals surface area contributed by atoms with Crippen molar-refractivity contribution in [3.63, 3.8) is 0 Å². The fourth-order valence-electron chi connectivity index (χ4n) is 2.89. The molecule has 1 aliphatic heterocycles. The first-order valence-electron chi connectivity index (χ1n) is 8.18. The Morgan fingerprint density at radius 1 is 1.12 bits per heavy atom. The lowest BCUT2D eigenvalue weighted by Crippen LogP contribution is -2.42. The Morgan fingerprint density at radius 3 is 2.56 bits per heavy atom. The van der Waals surface area contributed by atoms with E-state index in [9.17, 15) is 14.4 Å². The zero-order valence-corrected chi connectivity index (χ0v) is 15.0. The molecule has 0 fully saturated rings. The van der Waals surface area contributed by atoms with Crippen molar-refractivity contribution in [3.8, 4) is 0 Å². The monoisotopic (exact) mass is 357 g/mol. The van der Waals surface area contributed by atoms with Crippen molar-refractivity contribution in [2.45, 2.75) is 32.8 Å². The van der Waals surface area contributed by atoms with Crippen LogP contribution >= 0.6 is 11.3 Å². The molecule has 0 saturated heterocycles. The number of anilines is 1. The standard InChI is InChI=1S/C19H19NO4S/c1-12(21)16-9-10-17(25-16)19(23)24-13(2)18(22)20-11-5-7-14-6-3-4-8-15(14)20/h3-4,6,8-10,13H,5,7,11H2,1-2H3. The number of nitrogens with zero attached hydrogens (tertiary/aromatic N) is 1. The van der Waals surface area contributed by atoms with Crippen LogP contribution in [-0.2, 0) is 16.0 Å². The number of fused-ring (bicyclic) bond motifs is 1. The van der Waals surface area contributed by atoms with Gasteiger partial charge < -0.3 is 9.64 Å². The van der Waals surface area contributed by atoms with Gasteiger partial charge in [0.05, 0.1) is 4.88 Å². The molecule has 1 unspecified atom stereocenters. The van der Waals surface area contributed by atoms with Crippen LogP contribution in [0.1, 0.15) is 45.2 Å². The van der Waals surface area contributed by atoms with Crippen molar-refractivity contribution in [2.24, 2.45) is 0 Å². The van der Waals surface area contributed by atoms with Gasteiger partial charge in [0, 0.05) is 12.2 Å². The number of aryl methyl sites for hydroxylation is 1. The predicted octanol–water partition coefficient (Wildman–Crippen LogP) is 3.48. The molecule has 5 nitrogen and oxygen atoms in total. The summed E-state index contributed by atoms with van der Waals surface area (Å²) in [6, 6.07) is 10.9. The lowest BCUT2D eigenvalue weighted by molar-refractivity contribution is -0.126. The van der Waals surface area contributed by atoms with Crippen LogP contribution in [0.5, 0.6) is 0 Å². The Balaban J connectivity index is 1.71. The number of amides is 1. The van der Waals surface area contributed by atoms with Gasteiger partial charge in [-0.25, -0.2) is 4.79 Å². The number of Topliss-reactive ketones (excluding diaryl/α,β-unsaturated/α-hetero) is 1. The SMILES string of the molecule is CC(=O)c1ccc(C(=O)OC(C)C(=O)N2CCCc3ccccc32)s1. The third kappa shape index (κ3) is 3.64. The van der Waals surface area contributed by atoms with E-state index >= 15 is 0 Å². The molecular weight excluding hydrogens is 338 g/mol. The summed E-state index contributed by atoms with van der Waals surface area (Å²) in [4.78, 5) is 38.8. The van der Waals surface area contributed by atoms with Gasteiger partial charge >= 0.3 is 5.97 Å². The second-order valence-corrected chi connectivity index (χ2v) is 7.07. The van der Waals surface area contributed by atoms with Gasteiger partial charge in [-0.2, -0.15) is 0 Å². The number of hydrogen-bond donors (Lipinski definition) is 0. The summed E-state index contributed by atoms with van der Waals surface area (Å²) in [5, 5.41) is 0. The number of rotatable bonds is 4. The zero-order valence-electron chi connectivity index (χ0n) is 14.2. The summed E-state index contributed by atoms with van der Waals surface area (Å²) < 4.78 is 5.33. The highest BCUT2D eigenvalue weighted by Gasteiger charge is 2.29. The number of ether oxygens (including phenoxy) is 1. The molecule has 2 heterocycles. The third-order valence-corrected chi connectivity index (χ3v) is 5.33. The van der Waals surface area contributed by atoms with E-state index in [1.54, 1.807) is 24.0 Å². The molecule has 0 N–H and O–H groups in total. The van der Waals surface area contributed by atoms with E-state index in [-0.39, 0.29) is 11.7 Å². The number of esters is 1. The van der Waals surface area contributed by atoms with E-state index < -0.39 is 12.1 Å². The van der Waals surface area contributed by atoms with E-state index in [0.717, 1.165) is 35.4 Å². The van der Waals surface area contributed by atoms with E-state index in [0.29, 0.717) is 16.3 Å². The number of thiophene rings is 1. The van der Waals surface area contributed by atoms with Gasteiger partial charge in [0.15, 0.2) is 11.9 Å². The normalized spacial score (nSPS) is 14.6. The number of para-hydroxylation sites is 1. The van der Waals surface area contributed by atoms with Crippen molar-refractivity contribution < 1.29 is 19.1 Å². The smallest absolute Gasteiger partial charge is 0.349 e. The minimum atomic E-state index is -0.887. The second-order valence-electron chi connectivity index (χ2n) is 5.99. The lowest BCUT2D eigenvalue weighted by Gasteiger charge is -2.31. The van der Waals surface area contributed by atoms with Gasteiger partial charge in [-0.1, -0.05) is 18.2 Å². The number of ketones is 1. The largest absolute Gasteiger partial charge is 0.448 e. The number of hydrogen-bond acceptors (Lipinski definition) is 5. The first-order valence-corrected chi connectivity index (χ1v) is 9.00. The molecule has 1 aromatic carbocycles. The summed E-state index contributed by atoms with van der Waals surface area (Å²) in [5.74, 6) is -0.911. The molecule has 1 amide bonds. The van der Waals surface area contributed by atoms with Crippen LogP contribution in [-0.4, -0.2) is 30.3 Å². The van der Waals surface area contributed by atoms with Gasteiger partial charge in [0.2, 0.25) is 0 Å². The molecule has 2 aromatic rings. The summed E-state index contributed by atoms with van der Waals surface area (Å²) in [5.41, 5.74) is 2.02. The van der Waals surface area contributed by atoms with Gasteiger partial charge in [-0.05, 0) is 50.5 Å². The Kier molecular flexibility index (Phi) is 4.99. The Labute approximate surface area is 150 Å². The summed E-state index contributed by atoms with van der Waals surface area (Å²) >= 11 is 1.08. The Morgan fingerprint density at radius 2 is 1.84 bits per heavy atom. The maximum absolute atomic E-state index is 12.7. The number of benzene rings is 1. The molecule has 0 saturated carbocycles. The van der Waals surface area contributed by atoms with Crippen molar-refractivity contribution in [1.82, 2.24) is 0 Å². The fraction of sp³-hybridized carbons (Fsp3) is 0.316. The topological polar surface area (TPSA) is 63.7 Å². The van der Waals surface area contributed by atoms with E-state index in [2.05, 4.69) is 0 Å². The molecule has 0 radical (unpaired) electrons. The molecule has 3 rings (SSSR count). The van der Waals surface area contributed by atoms with E-state index in [4.69, 9.17) is 4.74 Å². The summed E-state index contributed by atoms with van der Waals surface area (Å²) in [7, 11) is 0. The van der Waals surface area contributed by atoms with Crippen LogP contribution in [0.4, 0.5) is 5.69 Å².